The average Bonchev–Trinajstić information content (AvgIpc) is 2.90. The topological polar surface area (TPSA) is 66.4 Å². The molecule has 0 aliphatic heterocycles. The van der Waals surface area contributed by atoms with Crippen LogP contribution in [0, 0.1) is 11.3 Å². The molecule has 3 unspecified atom stereocenters. The average molecular weight is 416 g/mol. The number of nitrogens with one attached hydrogen (secondary N) is 1. The molecule has 3 atom stereocenters. The molecule has 1 amide bonds. The van der Waals surface area contributed by atoms with Gasteiger partial charge in [0.05, 0.1) is 0 Å². The molecule has 0 heterocycles. The summed E-state index contributed by atoms with van der Waals surface area (Å²) in [6.45, 7) is 10.1. The van der Waals surface area contributed by atoms with Gasteiger partial charge in [-0.1, -0.05) is 54.8 Å². The quantitative estimate of drug-likeness (QED) is 0.643. The SMILES string of the molecule is CC(C)=CC1=C(C(=O)NC2(C(=O)O)CC3=CC=C(Cl)CC3(C)C2)C(C)CC=C1C. The zero-order valence-corrected chi connectivity index (χ0v) is 18.6. The fraction of sp³-hybridized carbons (Fsp3) is 0.500. The summed E-state index contributed by atoms with van der Waals surface area (Å²) in [6.07, 6.45) is 9.95. The van der Waals surface area contributed by atoms with Gasteiger partial charge in [-0.2, -0.15) is 0 Å². The second-order valence-electron chi connectivity index (χ2n) is 9.31. The van der Waals surface area contributed by atoms with E-state index < -0.39 is 11.5 Å². The lowest BCUT2D eigenvalue weighted by atomic mass is 9.77. The Morgan fingerprint density at radius 3 is 2.59 bits per heavy atom. The van der Waals surface area contributed by atoms with Gasteiger partial charge in [-0.25, -0.2) is 4.79 Å². The van der Waals surface area contributed by atoms with Crippen molar-refractivity contribution in [3.8, 4) is 0 Å². The second kappa shape index (κ2) is 7.64. The van der Waals surface area contributed by atoms with Gasteiger partial charge in [0.25, 0.3) is 0 Å². The first-order valence-corrected chi connectivity index (χ1v) is 10.5. The molecule has 1 fully saturated rings. The molecule has 0 aromatic carbocycles. The highest BCUT2D eigenvalue weighted by Crippen LogP contribution is 2.54. The number of aliphatic carboxylic acids is 1. The van der Waals surface area contributed by atoms with Gasteiger partial charge in [-0.3, -0.25) is 4.79 Å². The summed E-state index contributed by atoms with van der Waals surface area (Å²) in [5.74, 6) is -1.23. The van der Waals surface area contributed by atoms with Crippen LogP contribution in [0.2, 0.25) is 0 Å². The Bertz CT molecular complexity index is 916. The molecule has 3 rings (SSSR count). The summed E-state index contributed by atoms with van der Waals surface area (Å²) in [7, 11) is 0. The zero-order chi connectivity index (χ0) is 21.6. The van der Waals surface area contributed by atoms with Crippen molar-refractivity contribution in [1.82, 2.24) is 5.32 Å². The molecule has 1 saturated carbocycles. The van der Waals surface area contributed by atoms with E-state index in [1.54, 1.807) is 0 Å². The van der Waals surface area contributed by atoms with Crippen molar-refractivity contribution in [2.24, 2.45) is 11.3 Å². The summed E-state index contributed by atoms with van der Waals surface area (Å²) in [6, 6.07) is 0. The molecule has 0 bridgehead atoms. The normalized spacial score (nSPS) is 31.4. The third-order valence-electron chi connectivity index (χ3n) is 6.41. The number of carboxylic acids is 1. The van der Waals surface area contributed by atoms with Gasteiger partial charge in [-0.05, 0) is 68.6 Å². The van der Waals surface area contributed by atoms with Gasteiger partial charge in [0.1, 0.15) is 5.54 Å². The number of rotatable bonds is 4. The highest BCUT2D eigenvalue weighted by atomic mass is 35.5. The Morgan fingerprint density at radius 2 is 1.97 bits per heavy atom. The maximum Gasteiger partial charge on any atom is 0.329 e. The molecule has 0 aromatic heterocycles. The van der Waals surface area contributed by atoms with Crippen LogP contribution in [0.4, 0.5) is 0 Å². The lowest BCUT2D eigenvalue weighted by Crippen LogP contribution is -2.54. The standard InChI is InChI=1S/C24H30ClNO3/c1-14(2)10-19-15(3)6-7-16(4)20(19)21(27)26-24(22(28)29)11-17-8-9-18(25)12-23(17,5)13-24/h6,8-10,16H,7,11-13H2,1-5H3,(H,26,27)(H,28,29). The highest BCUT2D eigenvalue weighted by molar-refractivity contribution is 6.29. The third-order valence-corrected chi connectivity index (χ3v) is 6.67. The molecule has 2 N–H and O–H groups in total. The van der Waals surface area contributed by atoms with Crippen LogP contribution in [0.5, 0.6) is 0 Å². The Morgan fingerprint density at radius 1 is 1.28 bits per heavy atom. The summed E-state index contributed by atoms with van der Waals surface area (Å²) in [4.78, 5) is 25.8. The molecule has 3 aliphatic carbocycles. The minimum Gasteiger partial charge on any atom is -0.479 e. The fourth-order valence-corrected chi connectivity index (χ4v) is 5.26. The van der Waals surface area contributed by atoms with Crippen LogP contribution in [0.25, 0.3) is 0 Å². The van der Waals surface area contributed by atoms with Crippen LogP contribution in [-0.2, 0) is 9.59 Å². The third kappa shape index (κ3) is 4.00. The Hall–Kier alpha value is -2.07. The molecule has 0 saturated heterocycles. The molecule has 0 aromatic rings. The van der Waals surface area contributed by atoms with E-state index in [0.29, 0.717) is 24.8 Å². The number of carbonyl (C=O) groups is 2. The van der Waals surface area contributed by atoms with E-state index in [1.807, 2.05) is 52.8 Å². The van der Waals surface area contributed by atoms with Crippen LogP contribution < -0.4 is 5.32 Å². The lowest BCUT2D eigenvalue weighted by molar-refractivity contribution is -0.147. The van der Waals surface area contributed by atoms with Crippen LogP contribution >= 0.6 is 11.6 Å². The molecule has 0 spiro atoms. The van der Waals surface area contributed by atoms with Gasteiger partial charge in [0, 0.05) is 17.0 Å². The molecular weight excluding hydrogens is 386 g/mol. The summed E-state index contributed by atoms with van der Waals surface area (Å²) < 4.78 is 0. The van der Waals surface area contributed by atoms with E-state index in [-0.39, 0.29) is 17.2 Å². The Balaban J connectivity index is 1.98. The van der Waals surface area contributed by atoms with Crippen LogP contribution in [0.3, 0.4) is 0 Å². The largest absolute Gasteiger partial charge is 0.479 e. The van der Waals surface area contributed by atoms with Gasteiger partial charge >= 0.3 is 5.97 Å². The van der Waals surface area contributed by atoms with E-state index >= 15 is 0 Å². The van der Waals surface area contributed by atoms with Crippen LogP contribution in [0.15, 0.2) is 57.2 Å². The van der Waals surface area contributed by atoms with E-state index in [2.05, 4.69) is 11.4 Å². The molecule has 5 heteroatoms. The van der Waals surface area contributed by atoms with Crippen molar-refractivity contribution in [1.29, 1.82) is 0 Å². The summed E-state index contributed by atoms with van der Waals surface area (Å²) in [5.41, 5.74) is 3.13. The van der Waals surface area contributed by atoms with Crippen molar-refractivity contribution in [3.05, 3.63) is 57.2 Å². The van der Waals surface area contributed by atoms with Crippen molar-refractivity contribution in [3.63, 3.8) is 0 Å². The van der Waals surface area contributed by atoms with Crippen LogP contribution in [-0.4, -0.2) is 22.5 Å². The van der Waals surface area contributed by atoms with Gasteiger partial charge in [0.15, 0.2) is 0 Å². The second-order valence-corrected chi connectivity index (χ2v) is 9.80. The maximum atomic E-state index is 13.4. The number of hydrogen-bond acceptors (Lipinski definition) is 2. The number of allylic oxidation sites excluding steroid dienone is 8. The Kier molecular flexibility index (Phi) is 5.70. The number of amides is 1. The van der Waals surface area contributed by atoms with Crippen LogP contribution in [0.1, 0.15) is 60.3 Å². The summed E-state index contributed by atoms with van der Waals surface area (Å²) in [5, 5.41) is 13.8. The first-order chi connectivity index (χ1) is 13.5. The molecular formula is C24H30ClNO3. The van der Waals surface area contributed by atoms with Gasteiger partial charge < -0.3 is 10.4 Å². The van der Waals surface area contributed by atoms with E-state index in [1.165, 1.54) is 0 Å². The fourth-order valence-electron chi connectivity index (χ4n) is 4.90. The van der Waals surface area contributed by atoms with Crippen molar-refractivity contribution in [2.75, 3.05) is 0 Å². The van der Waals surface area contributed by atoms with Gasteiger partial charge in [0.2, 0.25) is 5.91 Å². The molecule has 3 aliphatic rings. The number of halogens is 1. The minimum atomic E-state index is -1.31. The predicted molar refractivity (Wildman–Crippen MR) is 116 cm³/mol. The minimum absolute atomic E-state index is 0.0322. The van der Waals surface area contributed by atoms with Crippen molar-refractivity contribution in [2.45, 2.75) is 65.8 Å². The number of carbonyl (C=O) groups excluding carboxylic acids is 1. The summed E-state index contributed by atoms with van der Waals surface area (Å²) >= 11 is 6.24. The van der Waals surface area contributed by atoms with Crippen molar-refractivity contribution >= 4 is 23.5 Å². The highest BCUT2D eigenvalue weighted by Gasteiger charge is 2.55. The number of hydrogen-bond donors (Lipinski definition) is 2. The monoisotopic (exact) mass is 415 g/mol. The van der Waals surface area contributed by atoms with Crippen molar-refractivity contribution < 1.29 is 14.7 Å². The smallest absolute Gasteiger partial charge is 0.329 e. The first-order valence-electron chi connectivity index (χ1n) is 10.2. The molecule has 0 radical (unpaired) electrons. The van der Waals surface area contributed by atoms with E-state index in [9.17, 15) is 14.7 Å². The number of carboxylic acid groups (broad SMARTS) is 1. The van der Waals surface area contributed by atoms with Gasteiger partial charge in [-0.15, -0.1) is 0 Å². The maximum absolute atomic E-state index is 13.4. The van der Waals surface area contributed by atoms with E-state index in [4.69, 9.17) is 11.6 Å². The first kappa shape index (κ1) is 21.6. The van der Waals surface area contributed by atoms with E-state index in [0.717, 1.165) is 33.7 Å². The molecule has 156 valence electrons. The number of fused-ring (bicyclic) bond motifs is 1. The lowest BCUT2D eigenvalue weighted by Gasteiger charge is -2.32. The molecule has 4 nitrogen and oxygen atoms in total. The molecule has 29 heavy (non-hydrogen) atoms. The Labute approximate surface area is 178 Å². The predicted octanol–water partition coefficient (Wildman–Crippen LogP) is 5.43. The zero-order valence-electron chi connectivity index (χ0n) is 17.9.